The molecule has 0 aromatic carbocycles. The molecule has 3 rings (SSSR count). The normalized spacial score (nSPS) is 18.9. The lowest BCUT2D eigenvalue weighted by atomic mass is 9.76. The fourth-order valence-corrected chi connectivity index (χ4v) is 3.01. The van der Waals surface area contributed by atoms with Crippen LogP contribution in [0.25, 0.3) is 0 Å². The van der Waals surface area contributed by atoms with Gasteiger partial charge in [-0.3, -0.25) is 4.79 Å². The Bertz CT molecular complexity index is 664. The number of oxazole rings is 1. The molecule has 2 aromatic rings. The molecule has 106 valence electrons. The van der Waals surface area contributed by atoms with E-state index in [2.05, 4.69) is 30.3 Å². The van der Waals surface area contributed by atoms with Gasteiger partial charge in [0.15, 0.2) is 5.78 Å². The molecule has 4 nitrogen and oxygen atoms in total. The molecular formula is C16H20N2O2. The van der Waals surface area contributed by atoms with Crippen LogP contribution in [0.3, 0.4) is 0 Å². The molecule has 0 radical (unpaired) electrons. The smallest absolute Gasteiger partial charge is 0.217 e. The molecule has 1 aliphatic carbocycles. The van der Waals surface area contributed by atoms with Crippen LogP contribution in [-0.4, -0.2) is 15.3 Å². The number of Topliss-reactive ketones (excluding diaryl/α,β-unsaturated/α-hetero) is 1. The van der Waals surface area contributed by atoms with E-state index in [1.807, 2.05) is 19.2 Å². The third-order valence-electron chi connectivity index (χ3n) is 4.02. The number of fused-ring (bicyclic) bond motifs is 1. The van der Waals surface area contributed by atoms with Gasteiger partial charge in [0.05, 0.1) is 6.20 Å². The summed E-state index contributed by atoms with van der Waals surface area (Å²) in [6.45, 7) is 8.23. The van der Waals surface area contributed by atoms with Crippen LogP contribution in [0.15, 0.2) is 22.9 Å². The van der Waals surface area contributed by atoms with Crippen molar-refractivity contribution >= 4 is 5.78 Å². The number of nitrogens with zero attached hydrogens (tertiary/aromatic N) is 2. The highest BCUT2D eigenvalue weighted by Crippen LogP contribution is 2.37. The Balaban J connectivity index is 2.02. The maximum atomic E-state index is 12.2. The van der Waals surface area contributed by atoms with E-state index >= 15 is 0 Å². The first kappa shape index (κ1) is 13.2. The first-order valence-electron chi connectivity index (χ1n) is 7.03. The molecule has 20 heavy (non-hydrogen) atoms. The van der Waals surface area contributed by atoms with Gasteiger partial charge in [0.1, 0.15) is 11.8 Å². The van der Waals surface area contributed by atoms with Crippen molar-refractivity contribution in [2.75, 3.05) is 0 Å². The number of ketones is 1. The predicted molar refractivity (Wildman–Crippen MR) is 75.9 cm³/mol. The minimum absolute atomic E-state index is 0.00847. The zero-order valence-electron chi connectivity index (χ0n) is 12.4. The summed E-state index contributed by atoms with van der Waals surface area (Å²) in [5.74, 6) is 1.74. The van der Waals surface area contributed by atoms with E-state index < -0.39 is 0 Å². The molecule has 2 aromatic heterocycles. The Morgan fingerprint density at radius 2 is 2.15 bits per heavy atom. The summed E-state index contributed by atoms with van der Waals surface area (Å²) < 4.78 is 7.75. The summed E-state index contributed by atoms with van der Waals surface area (Å²) in [5, 5.41) is 0. The first-order chi connectivity index (χ1) is 9.37. The monoisotopic (exact) mass is 272 g/mol. The van der Waals surface area contributed by atoms with Crippen LogP contribution in [0.4, 0.5) is 0 Å². The van der Waals surface area contributed by atoms with Crippen molar-refractivity contribution in [1.82, 2.24) is 9.55 Å². The molecular weight excluding hydrogens is 252 g/mol. The molecule has 0 amide bonds. The van der Waals surface area contributed by atoms with Gasteiger partial charge >= 0.3 is 0 Å². The SMILES string of the molecule is Cc1cnc(C(C)n2ccc3c2CC(C)(C)CC3=O)o1. The Morgan fingerprint density at radius 3 is 2.80 bits per heavy atom. The topological polar surface area (TPSA) is 48.0 Å². The summed E-state index contributed by atoms with van der Waals surface area (Å²) >= 11 is 0. The maximum Gasteiger partial charge on any atom is 0.217 e. The Kier molecular flexibility index (Phi) is 2.85. The van der Waals surface area contributed by atoms with Crippen LogP contribution < -0.4 is 0 Å². The molecule has 2 heterocycles. The third-order valence-corrected chi connectivity index (χ3v) is 4.02. The van der Waals surface area contributed by atoms with Crippen molar-refractivity contribution in [3.8, 4) is 0 Å². The molecule has 0 fully saturated rings. The van der Waals surface area contributed by atoms with Gasteiger partial charge in [-0.25, -0.2) is 4.98 Å². The number of hydrogen-bond donors (Lipinski definition) is 0. The lowest BCUT2D eigenvalue weighted by molar-refractivity contribution is 0.0909. The van der Waals surface area contributed by atoms with Crippen molar-refractivity contribution in [2.24, 2.45) is 5.41 Å². The van der Waals surface area contributed by atoms with Crippen molar-refractivity contribution in [3.05, 3.63) is 41.4 Å². The lowest BCUT2D eigenvalue weighted by Gasteiger charge is -2.30. The second-order valence-electron chi connectivity index (χ2n) is 6.51. The number of carbonyl (C=O) groups is 1. The Hall–Kier alpha value is -1.84. The van der Waals surface area contributed by atoms with E-state index in [9.17, 15) is 4.79 Å². The minimum Gasteiger partial charge on any atom is -0.444 e. The Labute approximate surface area is 118 Å². The zero-order chi connectivity index (χ0) is 14.5. The third kappa shape index (κ3) is 2.09. The molecule has 1 unspecified atom stereocenters. The molecule has 0 bridgehead atoms. The largest absolute Gasteiger partial charge is 0.444 e. The molecule has 0 spiro atoms. The lowest BCUT2D eigenvalue weighted by Crippen LogP contribution is -2.28. The highest BCUT2D eigenvalue weighted by atomic mass is 16.4. The molecule has 0 aliphatic heterocycles. The summed E-state index contributed by atoms with van der Waals surface area (Å²) in [5.41, 5.74) is 1.99. The van der Waals surface area contributed by atoms with E-state index in [1.54, 1.807) is 6.20 Å². The van der Waals surface area contributed by atoms with Crippen molar-refractivity contribution in [3.63, 3.8) is 0 Å². The summed E-state index contributed by atoms with van der Waals surface area (Å²) in [6, 6.07) is 1.94. The van der Waals surface area contributed by atoms with E-state index in [-0.39, 0.29) is 17.2 Å². The number of aryl methyl sites for hydroxylation is 1. The van der Waals surface area contributed by atoms with Gasteiger partial charge in [0.25, 0.3) is 0 Å². The van der Waals surface area contributed by atoms with Crippen LogP contribution >= 0.6 is 0 Å². The van der Waals surface area contributed by atoms with Gasteiger partial charge in [-0.1, -0.05) is 13.8 Å². The zero-order valence-corrected chi connectivity index (χ0v) is 12.4. The summed E-state index contributed by atoms with van der Waals surface area (Å²) in [6.07, 6.45) is 5.24. The van der Waals surface area contributed by atoms with Crippen molar-refractivity contribution in [2.45, 2.75) is 46.6 Å². The van der Waals surface area contributed by atoms with Gasteiger partial charge in [0, 0.05) is 23.9 Å². The van der Waals surface area contributed by atoms with Gasteiger partial charge in [-0.2, -0.15) is 0 Å². The van der Waals surface area contributed by atoms with Gasteiger partial charge < -0.3 is 8.98 Å². The molecule has 1 atom stereocenters. The quantitative estimate of drug-likeness (QED) is 0.840. The Morgan fingerprint density at radius 1 is 1.40 bits per heavy atom. The molecule has 1 aliphatic rings. The number of rotatable bonds is 2. The van der Waals surface area contributed by atoms with Crippen LogP contribution in [0.5, 0.6) is 0 Å². The summed E-state index contributed by atoms with van der Waals surface area (Å²) in [7, 11) is 0. The van der Waals surface area contributed by atoms with Gasteiger partial charge in [-0.15, -0.1) is 0 Å². The average Bonchev–Trinajstić information content (AvgIpc) is 2.93. The van der Waals surface area contributed by atoms with E-state index in [0.717, 1.165) is 23.4 Å². The first-order valence-corrected chi connectivity index (χ1v) is 7.03. The highest BCUT2D eigenvalue weighted by Gasteiger charge is 2.34. The van der Waals surface area contributed by atoms with Crippen LogP contribution in [-0.2, 0) is 6.42 Å². The molecule has 0 saturated carbocycles. The minimum atomic E-state index is 0.00847. The van der Waals surface area contributed by atoms with Crippen molar-refractivity contribution < 1.29 is 9.21 Å². The fraction of sp³-hybridized carbons (Fsp3) is 0.500. The fourth-order valence-electron chi connectivity index (χ4n) is 3.01. The average molecular weight is 272 g/mol. The van der Waals surface area contributed by atoms with E-state index in [4.69, 9.17) is 4.42 Å². The highest BCUT2D eigenvalue weighted by molar-refractivity contribution is 5.98. The molecule has 0 saturated heterocycles. The second kappa shape index (κ2) is 4.33. The van der Waals surface area contributed by atoms with Gasteiger partial charge in [-0.05, 0) is 31.7 Å². The van der Waals surface area contributed by atoms with E-state index in [0.29, 0.717) is 12.3 Å². The predicted octanol–water partition coefficient (Wildman–Crippen LogP) is 3.55. The van der Waals surface area contributed by atoms with Crippen LogP contribution in [0, 0.1) is 12.3 Å². The molecule has 0 N–H and O–H groups in total. The summed E-state index contributed by atoms with van der Waals surface area (Å²) in [4.78, 5) is 16.5. The maximum absolute atomic E-state index is 12.2. The number of aromatic nitrogens is 2. The molecule has 4 heteroatoms. The van der Waals surface area contributed by atoms with E-state index in [1.165, 1.54) is 0 Å². The number of carbonyl (C=O) groups excluding carboxylic acids is 1. The second-order valence-corrected chi connectivity index (χ2v) is 6.51. The van der Waals surface area contributed by atoms with Crippen LogP contribution in [0.2, 0.25) is 0 Å². The van der Waals surface area contributed by atoms with Gasteiger partial charge in [0.2, 0.25) is 5.89 Å². The van der Waals surface area contributed by atoms with Crippen LogP contribution in [0.1, 0.15) is 60.9 Å². The number of hydrogen-bond acceptors (Lipinski definition) is 3. The standard InChI is InChI=1S/C16H20N2O2/c1-10-9-17-15(20-10)11(2)18-6-5-12-13(18)7-16(3,4)8-14(12)19/h5-6,9,11H,7-8H2,1-4H3. The van der Waals surface area contributed by atoms with Crippen molar-refractivity contribution in [1.29, 1.82) is 0 Å².